The molecule has 0 aromatic heterocycles. The van der Waals surface area contributed by atoms with Crippen LogP contribution < -0.4 is 4.72 Å². The fourth-order valence-corrected chi connectivity index (χ4v) is 2.29. The lowest BCUT2D eigenvalue weighted by Crippen LogP contribution is -2.20. The minimum atomic E-state index is -3.55. The van der Waals surface area contributed by atoms with Crippen LogP contribution in [0.4, 0.5) is 0 Å². The third-order valence-corrected chi connectivity index (χ3v) is 3.04. The molecule has 1 aliphatic heterocycles. The fourth-order valence-electron chi connectivity index (χ4n) is 1.12. The first-order chi connectivity index (χ1) is 6.61. The number of rotatable bonds is 0. The average Bonchev–Trinajstić information content (AvgIpc) is 2.42. The zero-order valence-corrected chi connectivity index (χ0v) is 8.71. The van der Waals surface area contributed by atoms with Crippen molar-refractivity contribution in [3.05, 3.63) is 29.8 Å². The Balaban J connectivity index is 0.000000461. The van der Waals surface area contributed by atoms with Gasteiger partial charge in [-0.05, 0) is 12.1 Å². The van der Waals surface area contributed by atoms with Crippen LogP contribution in [-0.2, 0) is 10.0 Å². The summed E-state index contributed by atoms with van der Waals surface area (Å²) in [4.78, 5) is 17.9. The number of sulfonamides is 1. The van der Waals surface area contributed by atoms with Gasteiger partial charge in [0.05, 0.1) is 5.56 Å². The van der Waals surface area contributed by atoms with Gasteiger partial charge in [0.25, 0.3) is 15.9 Å². The lowest BCUT2D eigenvalue weighted by Gasteiger charge is -1.91. The van der Waals surface area contributed by atoms with Crippen molar-refractivity contribution in [1.82, 2.24) is 4.72 Å². The zero-order chi connectivity index (χ0) is 10.8. The molecule has 0 atom stereocenters. The van der Waals surface area contributed by atoms with Crippen LogP contribution >= 0.6 is 0 Å². The molecule has 1 aromatic rings. The molecule has 0 bridgehead atoms. The third kappa shape index (κ3) is 1.69. The summed E-state index contributed by atoms with van der Waals surface area (Å²) >= 11 is 0. The highest BCUT2D eigenvalue weighted by atomic mass is 32.2. The van der Waals surface area contributed by atoms with Crippen LogP contribution in [0.5, 0.6) is 0 Å². The fraction of sp³-hybridized carbons (Fsp3) is 0. The molecular weight excluding hydrogens is 222 g/mol. The van der Waals surface area contributed by atoms with Crippen LogP contribution in [0.15, 0.2) is 29.2 Å². The van der Waals surface area contributed by atoms with E-state index in [-0.39, 0.29) is 10.5 Å². The van der Waals surface area contributed by atoms with Crippen molar-refractivity contribution < 1.29 is 18.0 Å². The van der Waals surface area contributed by atoms with Crippen molar-refractivity contribution in [1.29, 1.82) is 0 Å². The predicted molar refractivity (Wildman–Crippen MR) is 49.1 cm³/mol. The summed E-state index contributed by atoms with van der Waals surface area (Å²) in [5.74, 6) is -0.550. The van der Waals surface area contributed by atoms with Gasteiger partial charge in [-0.15, -0.1) is 0 Å². The highest BCUT2D eigenvalue weighted by molar-refractivity contribution is 7.90. The maximum Gasteiger partial charge on any atom is 0.266 e. The van der Waals surface area contributed by atoms with Gasteiger partial charge in [-0.2, -0.15) is 0 Å². The van der Waals surface area contributed by atoms with Crippen molar-refractivity contribution in [2.75, 3.05) is 0 Å². The second kappa shape index (κ2) is 3.90. The van der Waals surface area contributed by atoms with E-state index in [9.17, 15) is 13.2 Å². The Hall–Kier alpha value is -1.18. The van der Waals surface area contributed by atoms with Gasteiger partial charge >= 0.3 is 0 Å². The minimum absolute atomic E-state index is 0.0648. The molecule has 0 fully saturated rings. The van der Waals surface area contributed by atoms with E-state index in [2.05, 4.69) is 0 Å². The van der Waals surface area contributed by atoms with Gasteiger partial charge in [-0.1, -0.05) is 12.1 Å². The molecule has 0 spiro atoms. The van der Waals surface area contributed by atoms with Gasteiger partial charge < -0.3 is 4.80 Å². The highest BCUT2D eigenvalue weighted by Crippen LogP contribution is 2.20. The number of hydrogen-bond donors (Lipinski definition) is 2. The molecule has 73 valence electrons. The summed E-state index contributed by atoms with van der Waals surface area (Å²) in [7, 11) is -1.58. The van der Waals surface area contributed by atoms with E-state index in [1.165, 1.54) is 12.1 Å². The number of hydrogen-bond acceptors (Lipinski definition) is 4. The maximum atomic E-state index is 11.1. The van der Waals surface area contributed by atoms with E-state index in [1.807, 2.05) is 15.2 Å². The van der Waals surface area contributed by atoms with Gasteiger partial charge in [-0.3, -0.25) is 4.79 Å². The Morgan fingerprint density at radius 3 is 2.36 bits per heavy atom. The van der Waals surface area contributed by atoms with Crippen LogP contribution in [-0.4, -0.2) is 29.6 Å². The summed E-state index contributed by atoms with van der Waals surface area (Å²) in [6.07, 6.45) is 0. The molecule has 2 N–H and O–H groups in total. The molecule has 1 heterocycles. The van der Waals surface area contributed by atoms with E-state index >= 15 is 0 Å². The molecule has 1 aliphatic rings. The molecule has 1 amide bonds. The summed E-state index contributed by atoms with van der Waals surface area (Å²) in [5, 5.41) is 0. The predicted octanol–water partition coefficient (Wildman–Crippen LogP) is -0.819. The van der Waals surface area contributed by atoms with E-state index < -0.39 is 15.9 Å². The second-order valence-electron chi connectivity index (χ2n) is 2.43. The Bertz CT molecular complexity index is 457. The highest BCUT2D eigenvalue weighted by Gasteiger charge is 2.31. The van der Waals surface area contributed by atoms with Crippen LogP contribution in [0, 0.1) is 0 Å². The Kier molecular flexibility index (Phi) is 3.04. The smallest absolute Gasteiger partial charge is 0.266 e. The lowest BCUT2D eigenvalue weighted by atomic mass is 10.2. The van der Waals surface area contributed by atoms with Gasteiger partial charge in [0.15, 0.2) is 0 Å². The molecule has 14 heavy (non-hydrogen) atoms. The normalized spacial score (nSPS) is 16.3. The summed E-state index contributed by atoms with van der Waals surface area (Å²) in [6.45, 7) is 0. The van der Waals surface area contributed by atoms with Gasteiger partial charge in [0, 0.05) is 0 Å². The molecule has 2 rings (SSSR count). The van der Waals surface area contributed by atoms with Crippen molar-refractivity contribution in [3.8, 4) is 0 Å². The van der Waals surface area contributed by atoms with Crippen LogP contribution in [0.3, 0.4) is 0 Å². The van der Waals surface area contributed by atoms with E-state index in [0.29, 0.717) is 0 Å². The molecular formula is C7H6NO4SSi. The Labute approximate surface area is 84.4 Å². The zero-order valence-electron chi connectivity index (χ0n) is 6.89. The molecule has 0 saturated carbocycles. The summed E-state index contributed by atoms with van der Waals surface area (Å²) < 4.78 is 24.2. The molecule has 0 aliphatic carbocycles. The summed E-state index contributed by atoms with van der Waals surface area (Å²) in [6, 6.07) is 6.09. The van der Waals surface area contributed by atoms with Crippen molar-refractivity contribution in [3.63, 3.8) is 0 Å². The van der Waals surface area contributed by atoms with Crippen molar-refractivity contribution >= 4 is 26.4 Å². The topological polar surface area (TPSA) is 83.5 Å². The Morgan fingerprint density at radius 2 is 1.79 bits per heavy atom. The van der Waals surface area contributed by atoms with Crippen molar-refractivity contribution in [2.45, 2.75) is 4.90 Å². The number of carbonyl (C=O) groups is 1. The van der Waals surface area contributed by atoms with Crippen LogP contribution in [0.1, 0.15) is 10.4 Å². The molecule has 0 unspecified atom stereocenters. The Morgan fingerprint density at radius 1 is 1.21 bits per heavy atom. The quantitative estimate of drug-likeness (QED) is 0.568. The number of nitrogens with one attached hydrogen (secondary N) is 1. The SMILES string of the molecule is O=C1NS(=O)(=O)c2ccccc21.O[Si]. The first-order valence-corrected chi connectivity index (χ1v) is 5.43. The molecule has 5 nitrogen and oxygen atoms in total. The van der Waals surface area contributed by atoms with Crippen LogP contribution in [0.2, 0.25) is 0 Å². The molecule has 3 radical (unpaired) electrons. The number of benzene rings is 1. The standard InChI is InChI=1S/C7H5NO3S.HOSi/c9-7-5-3-1-2-4-6(5)12(10,11)8-7;1-2/h1-4H,(H,8,9);1H. The largest absolute Gasteiger partial charge is 0.433 e. The average molecular weight is 228 g/mol. The number of fused-ring (bicyclic) bond motifs is 1. The monoisotopic (exact) mass is 228 g/mol. The van der Waals surface area contributed by atoms with Crippen LogP contribution in [0.25, 0.3) is 0 Å². The van der Waals surface area contributed by atoms with Gasteiger partial charge in [-0.25, -0.2) is 13.1 Å². The van der Waals surface area contributed by atoms with E-state index in [1.54, 1.807) is 12.1 Å². The number of amides is 1. The van der Waals surface area contributed by atoms with E-state index in [4.69, 9.17) is 4.80 Å². The van der Waals surface area contributed by atoms with Crippen molar-refractivity contribution in [2.24, 2.45) is 0 Å². The summed E-state index contributed by atoms with van der Waals surface area (Å²) in [5.41, 5.74) is 0.220. The van der Waals surface area contributed by atoms with E-state index in [0.717, 1.165) is 0 Å². The van der Waals surface area contributed by atoms with Gasteiger partial charge in [0.2, 0.25) is 10.5 Å². The molecule has 0 saturated heterocycles. The first-order valence-electron chi connectivity index (χ1n) is 3.50. The number of carbonyl (C=O) groups excluding carboxylic acids is 1. The maximum absolute atomic E-state index is 11.1. The molecule has 7 heteroatoms. The second-order valence-corrected chi connectivity index (χ2v) is 4.08. The first kappa shape index (κ1) is 10.9. The lowest BCUT2D eigenvalue weighted by molar-refractivity contribution is 0.0985. The van der Waals surface area contributed by atoms with Gasteiger partial charge in [0.1, 0.15) is 4.90 Å². The third-order valence-electron chi connectivity index (χ3n) is 1.65. The molecule has 1 aromatic carbocycles. The minimum Gasteiger partial charge on any atom is -0.433 e.